The van der Waals surface area contributed by atoms with Crippen molar-refractivity contribution in [3.05, 3.63) is 0 Å². The van der Waals surface area contributed by atoms with Gasteiger partial charge in [0.05, 0.1) is 32.6 Å². The van der Waals surface area contributed by atoms with Gasteiger partial charge in [-0.25, -0.2) is 4.79 Å². The number of aliphatic carboxylic acids is 1. The Morgan fingerprint density at radius 1 is 0.756 bits per heavy atom. The van der Waals surface area contributed by atoms with E-state index in [9.17, 15) is 43.2 Å². The number of likely N-dealkylation sites (tertiary alicyclic amines) is 2. The lowest BCUT2D eigenvalue weighted by atomic mass is 10.2. The van der Waals surface area contributed by atoms with E-state index in [0.717, 1.165) is 0 Å². The van der Waals surface area contributed by atoms with E-state index in [1.807, 2.05) is 0 Å². The lowest BCUT2D eigenvalue weighted by Crippen LogP contribution is -2.54. The van der Waals surface area contributed by atoms with Gasteiger partial charge in [0.15, 0.2) is 0 Å². The predicted molar refractivity (Wildman–Crippen MR) is 157 cm³/mol. The molecule has 20 heteroatoms. The zero-order valence-corrected chi connectivity index (χ0v) is 25.3. The number of nitrogens with one attached hydrogen (secondary N) is 5. The van der Waals surface area contributed by atoms with Crippen LogP contribution < -0.4 is 38.1 Å². The maximum Gasteiger partial charge on any atom is 0.326 e. The average Bonchev–Trinajstić information content (AvgIpc) is 3.69. The number of hydrogen-bond acceptors (Lipinski definition) is 11. The lowest BCUT2D eigenvalue weighted by molar-refractivity contribution is -0.143. The Balaban J connectivity index is 1.80. The van der Waals surface area contributed by atoms with Crippen LogP contribution in [0.15, 0.2) is 0 Å². The van der Waals surface area contributed by atoms with E-state index < -0.39 is 97.5 Å². The van der Waals surface area contributed by atoms with Gasteiger partial charge < -0.3 is 53.0 Å². The number of amides is 8. The quantitative estimate of drug-likeness (QED) is 0.0704. The van der Waals surface area contributed by atoms with Gasteiger partial charge in [0.2, 0.25) is 47.3 Å². The third kappa shape index (κ3) is 11.2. The van der Waals surface area contributed by atoms with Gasteiger partial charge in [-0.1, -0.05) is 0 Å². The topological polar surface area (TPSA) is 293 Å². The van der Waals surface area contributed by atoms with E-state index in [-0.39, 0.29) is 31.2 Å². The maximum atomic E-state index is 12.8. The first-order chi connectivity index (χ1) is 21.3. The van der Waals surface area contributed by atoms with E-state index in [2.05, 4.69) is 39.2 Å². The highest BCUT2D eigenvalue weighted by Crippen LogP contribution is 2.18. The van der Waals surface area contributed by atoms with Crippen LogP contribution in [0, 0.1) is 0 Å². The largest absolute Gasteiger partial charge is 0.480 e. The van der Waals surface area contributed by atoms with Gasteiger partial charge in [-0.15, -0.1) is 0 Å². The summed E-state index contributed by atoms with van der Waals surface area (Å²) in [6, 6.07) is -4.42. The third-order valence-electron chi connectivity index (χ3n) is 7.06. The second-order valence-corrected chi connectivity index (χ2v) is 10.6. The molecule has 250 valence electrons. The number of carboxylic acids is 1. The van der Waals surface area contributed by atoms with Gasteiger partial charge in [0, 0.05) is 18.8 Å². The highest BCUT2D eigenvalue weighted by atomic mass is 32.1. The summed E-state index contributed by atoms with van der Waals surface area (Å²) in [6.45, 7) is -1.27. The SMILES string of the molecule is NCC(=O)N1CCC[C@H]1C(=O)NCC(=O)N[C@@H](CS)C(=O)NCC(=O)N1CCC[C@H]1C(=O)NCC(=O)N[C@@H](CC(N)=O)C(=O)O. The molecule has 2 heterocycles. The molecule has 2 saturated heterocycles. The van der Waals surface area contributed by atoms with Crippen LogP contribution in [-0.4, -0.2) is 137 Å². The smallest absolute Gasteiger partial charge is 0.326 e. The van der Waals surface area contributed by atoms with E-state index in [1.165, 1.54) is 9.80 Å². The van der Waals surface area contributed by atoms with Crippen LogP contribution in [-0.2, 0) is 43.2 Å². The zero-order valence-electron chi connectivity index (χ0n) is 24.4. The van der Waals surface area contributed by atoms with Gasteiger partial charge in [0.25, 0.3) is 0 Å². The first kappa shape index (κ1) is 36.7. The number of nitrogens with two attached hydrogens (primary N) is 2. The Labute approximate surface area is 263 Å². The Hall–Kier alpha value is -4.46. The summed E-state index contributed by atoms with van der Waals surface area (Å²) in [5, 5.41) is 20.7. The van der Waals surface area contributed by atoms with Crippen molar-refractivity contribution in [2.75, 3.05) is 45.0 Å². The normalized spacial score (nSPS) is 18.7. The molecule has 2 aliphatic heterocycles. The van der Waals surface area contributed by atoms with Crippen LogP contribution in [0.5, 0.6) is 0 Å². The Morgan fingerprint density at radius 3 is 1.69 bits per heavy atom. The van der Waals surface area contributed by atoms with E-state index in [0.29, 0.717) is 25.8 Å². The molecule has 0 saturated carbocycles. The van der Waals surface area contributed by atoms with Crippen LogP contribution >= 0.6 is 12.6 Å². The summed E-state index contributed by atoms with van der Waals surface area (Å²) in [5.41, 5.74) is 10.3. The minimum absolute atomic E-state index is 0.139. The fourth-order valence-electron chi connectivity index (χ4n) is 4.84. The van der Waals surface area contributed by atoms with E-state index >= 15 is 0 Å². The van der Waals surface area contributed by atoms with Crippen molar-refractivity contribution in [2.24, 2.45) is 11.5 Å². The molecule has 45 heavy (non-hydrogen) atoms. The summed E-state index contributed by atoms with van der Waals surface area (Å²) in [7, 11) is 0. The summed E-state index contributed by atoms with van der Waals surface area (Å²) < 4.78 is 0. The molecule has 0 unspecified atom stereocenters. The van der Waals surface area contributed by atoms with Crippen molar-refractivity contribution >= 4 is 65.9 Å². The molecule has 0 bridgehead atoms. The Bertz CT molecular complexity index is 1190. The lowest BCUT2D eigenvalue weighted by Gasteiger charge is -2.25. The molecule has 0 aromatic rings. The Morgan fingerprint density at radius 2 is 1.24 bits per heavy atom. The number of carbonyl (C=O) groups excluding carboxylic acids is 8. The standard InChI is InChI=1S/C25H39N9O10S/c26-8-20(38)33-5-1-3-15(33)23(41)29-10-19(37)32-14(12-45)22(40)30-11-21(39)34-6-2-4-16(34)24(42)28-9-18(36)31-13(25(43)44)7-17(27)35/h13-16,45H,1-12,26H2,(H2,27,35)(H,28,42)(H,29,41)(H,30,40)(H,31,36)(H,32,37)(H,43,44)/t13-,14-,15-,16-/m0/s1. The van der Waals surface area contributed by atoms with Gasteiger partial charge in [-0.3, -0.25) is 38.4 Å². The number of carboxylic acid groups (broad SMARTS) is 1. The molecule has 8 amide bonds. The van der Waals surface area contributed by atoms with Crippen molar-refractivity contribution in [3.8, 4) is 0 Å². The van der Waals surface area contributed by atoms with Crippen LogP contribution in [0.1, 0.15) is 32.1 Å². The summed E-state index contributed by atoms with van der Waals surface area (Å²) >= 11 is 4.06. The van der Waals surface area contributed by atoms with Crippen LogP contribution in [0.3, 0.4) is 0 Å². The fraction of sp³-hybridized carbons (Fsp3) is 0.640. The summed E-state index contributed by atoms with van der Waals surface area (Å²) in [4.78, 5) is 112. The number of nitrogens with zero attached hydrogens (tertiary/aromatic N) is 2. The molecular formula is C25H39N9O10S. The molecule has 2 rings (SSSR count). The van der Waals surface area contributed by atoms with Crippen molar-refractivity contribution in [3.63, 3.8) is 0 Å². The number of primary amides is 1. The van der Waals surface area contributed by atoms with Gasteiger partial charge in [0.1, 0.15) is 24.2 Å². The minimum Gasteiger partial charge on any atom is -0.480 e. The van der Waals surface area contributed by atoms with Crippen molar-refractivity contribution in [1.82, 2.24) is 36.4 Å². The molecule has 0 aliphatic carbocycles. The highest BCUT2D eigenvalue weighted by Gasteiger charge is 2.35. The minimum atomic E-state index is -1.57. The van der Waals surface area contributed by atoms with Crippen molar-refractivity contribution in [1.29, 1.82) is 0 Å². The molecule has 0 aromatic heterocycles. The monoisotopic (exact) mass is 657 g/mol. The first-order valence-electron chi connectivity index (χ1n) is 14.1. The maximum absolute atomic E-state index is 12.8. The second kappa shape index (κ2) is 17.7. The molecule has 2 fully saturated rings. The van der Waals surface area contributed by atoms with Crippen LogP contribution in [0.4, 0.5) is 0 Å². The Kier molecular flexibility index (Phi) is 14.5. The van der Waals surface area contributed by atoms with Crippen molar-refractivity contribution < 1.29 is 48.3 Å². The fourth-order valence-corrected chi connectivity index (χ4v) is 5.09. The molecule has 4 atom stereocenters. The molecule has 10 N–H and O–H groups in total. The number of rotatable bonds is 16. The highest BCUT2D eigenvalue weighted by molar-refractivity contribution is 7.80. The molecular weight excluding hydrogens is 618 g/mol. The van der Waals surface area contributed by atoms with Crippen LogP contribution in [0.25, 0.3) is 0 Å². The third-order valence-corrected chi connectivity index (χ3v) is 7.42. The molecule has 2 aliphatic rings. The molecule has 0 radical (unpaired) electrons. The van der Waals surface area contributed by atoms with E-state index in [4.69, 9.17) is 16.6 Å². The van der Waals surface area contributed by atoms with Gasteiger partial charge in [-0.2, -0.15) is 12.6 Å². The molecule has 0 spiro atoms. The molecule has 0 aromatic carbocycles. The molecule has 19 nitrogen and oxygen atoms in total. The first-order valence-corrected chi connectivity index (χ1v) is 14.7. The number of carbonyl (C=O) groups is 9. The average molecular weight is 658 g/mol. The predicted octanol–water partition coefficient (Wildman–Crippen LogP) is -5.86. The van der Waals surface area contributed by atoms with Crippen LogP contribution in [0.2, 0.25) is 0 Å². The van der Waals surface area contributed by atoms with Gasteiger partial charge in [-0.05, 0) is 25.7 Å². The zero-order chi connectivity index (χ0) is 33.7. The van der Waals surface area contributed by atoms with E-state index in [1.54, 1.807) is 0 Å². The van der Waals surface area contributed by atoms with Crippen molar-refractivity contribution in [2.45, 2.75) is 56.3 Å². The number of hydrogen-bond donors (Lipinski definition) is 9. The van der Waals surface area contributed by atoms with Gasteiger partial charge >= 0.3 is 5.97 Å². The number of thiol groups is 1. The summed E-state index contributed by atoms with van der Waals surface area (Å²) in [6.07, 6.45) is 1.13. The summed E-state index contributed by atoms with van der Waals surface area (Å²) in [5.74, 6) is -7.10. The second-order valence-electron chi connectivity index (χ2n) is 10.3.